The van der Waals surface area contributed by atoms with E-state index in [0.717, 1.165) is 0 Å². The summed E-state index contributed by atoms with van der Waals surface area (Å²) < 4.78 is 0. The molecule has 0 radical (unpaired) electrons. The lowest BCUT2D eigenvalue weighted by Crippen LogP contribution is -2.57. The minimum Gasteiger partial charge on any atom is -0.357 e. The molecule has 33 heavy (non-hydrogen) atoms. The predicted octanol–water partition coefficient (Wildman–Crippen LogP) is -19.3. The fraction of sp³-hybridized carbons (Fsp3) is 0. The van der Waals surface area contributed by atoms with Crippen LogP contribution < -0.4 is 81.8 Å². The fourth-order valence-corrected chi connectivity index (χ4v) is 5.56. The van der Waals surface area contributed by atoms with Crippen LogP contribution in [0.15, 0.2) is 0 Å². The molecule has 0 fully saturated rings. The van der Waals surface area contributed by atoms with E-state index >= 15 is 0 Å². The summed E-state index contributed by atoms with van der Waals surface area (Å²) >= 11 is 0. The molecule has 1 N–H and O–H groups in total. The molecule has 3 aromatic rings. The number of hydrogen-bond acceptors (Lipinski definition) is 1. The third-order valence-electron chi connectivity index (χ3n) is 9.12. The van der Waals surface area contributed by atoms with Crippen LogP contribution in [0.1, 0.15) is 0 Å². The van der Waals surface area contributed by atoms with Gasteiger partial charge in [-0.15, -0.1) is 21.9 Å². The molecule has 0 bridgehead atoms. The summed E-state index contributed by atoms with van der Waals surface area (Å²) in [6.45, 7) is 0. The molecule has 0 heterocycles. The van der Waals surface area contributed by atoms with Crippen LogP contribution in [0.3, 0.4) is 0 Å². The standard InChI is InChI=1S/C18H29B14N/c19-3-1(4(20)8(24)9(25)7(3)23)2-5(21)13(29)17(14(30)6(2)22)33-18-15(31)11(27)10(26)12(28)16(18)32/h33H,19-32H2. The van der Waals surface area contributed by atoms with Gasteiger partial charge in [0.15, 0.2) is 0 Å². The topological polar surface area (TPSA) is 12.0 Å². The molecule has 15 heteroatoms. The van der Waals surface area contributed by atoms with Crippen LogP contribution in [0.2, 0.25) is 0 Å². The lowest BCUT2D eigenvalue weighted by Gasteiger charge is -2.29. The van der Waals surface area contributed by atoms with Crippen LogP contribution >= 0.6 is 0 Å². The average molecular weight is 411 g/mol. The zero-order chi connectivity index (χ0) is 25.1. The first kappa shape index (κ1) is 26.0. The maximum atomic E-state index is 3.91. The molecule has 0 aliphatic rings. The van der Waals surface area contributed by atoms with Crippen molar-refractivity contribution in [2.75, 3.05) is 5.32 Å². The quantitative estimate of drug-likeness (QED) is 0.423. The number of rotatable bonds is 3. The second-order valence-electron chi connectivity index (χ2n) is 10.4. The molecule has 0 saturated heterocycles. The molecule has 1 nitrogen and oxygen atoms in total. The van der Waals surface area contributed by atoms with Crippen LogP contribution in [0.4, 0.5) is 11.4 Å². The molecule has 0 aliphatic heterocycles. The van der Waals surface area contributed by atoms with Gasteiger partial charge in [0.25, 0.3) is 0 Å². The van der Waals surface area contributed by atoms with Crippen LogP contribution in [-0.4, -0.2) is 110 Å². The highest BCUT2D eigenvalue weighted by atomic mass is 14.9. The summed E-state index contributed by atoms with van der Waals surface area (Å²) in [5.41, 5.74) is 24.8. The Bertz CT molecular complexity index is 1250. The number of hydrogen-bond donors (Lipinski definition) is 1. The summed E-state index contributed by atoms with van der Waals surface area (Å²) in [5.74, 6) is 0. The third kappa shape index (κ3) is 3.98. The van der Waals surface area contributed by atoms with Gasteiger partial charge >= 0.3 is 0 Å². The second-order valence-corrected chi connectivity index (χ2v) is 10.4. The van der Waals surface area contributed by atoms with Gasteiger partial charge in [-0.25, -0.2) is 0 Å². The largest absolute Gasteiger partial charge is 0.357 e. The first-order valence-corrected chi connectivity index (χ1v) is 12.2. The Labute approximate surface area is 213 Å². The van der Waals surface area contributed by atoms with E-state index in [9.17, 15) is 0 Å². The van der Waals surface area contributed by atoms with Crippen molar-refractivity contribution >= 4 is 198 Å². The van der Waals surface area contributed by atoms with Crippen molar-refractivity contribution in [1.82, 2.24) is 0 Å². The molecule has 0 saturated carbocycles. The molecule has 3 aromatic carbocycles. The minimum atomic E-state index is 1.26. The first-order valence-electron chi connectivity index (χ1n) is 12.2. The van der Waals surface area contributed by atoms with E-state index in [1.807, 2.05) is 0 Å². The monoisotopic (exact) mass is 413 g/mol. The maximum Gasteiger partial charge on any atom is 0.141 e. The molecule has 0 aromatic heterocycles. The van der Waals surface area contributed by atoms with E-state index in [2.05, 4.69) is 115 Å². The van der Waals surface area contributed by atoms with Crippen molar-refractivity contribution in [3.05, 3.63) is 0 Å². The van der Waals surface area contributed by atoms with E-state index < -0.39 is 0 Å². The van der Waals surface area contributed by atoms with Crippen LogP contribution in [0, 0.1) is 0 Å². The van der Waals surface area contributed by atoms with E-state index in [1.54, 1.807) is 0 Å². The summed E-state index contributed by atoms with van der Waals surface area (Å²) in [7, 11) is 31.8. The van der Waals surface area contributed by atoms with Crippen molar-refractivity contribution in [3.8, 4) is 11.1 Å². The van der Waals surface area contributed by atoms with Crippen molar-refractivity contribution in [2.45, 2.75) is 0 Å². The number of anilines is 2. The molecular weight excluding hydrogens is 382 g/mol. The predicted molar refractivity (Wildman–Crippen MR) is 196 cm³/mol. The summed E-state index contributed by atoms with van der Waals surface area (Å²) in [5, 5.41) is 3.91. The molecule has 0 amide bonds. The van der Waals surface area contributed by atoms with Gasteiger partial charge in [-0.2, -0.15) is 0 Å². The van der Waals surface area contributed by atoms with Gasteiger partial charge < -0.3 is 5.32 Å². The number of nitrogens with one attached hydrogen (secondary N) is 1. The average Bonchev–Trinajstić information content (AvgIpc) is 2.79. The Morgan fingerprint density at radius 1 is 0.242 bits per heavy atom. The Hall–Kier alpha value is -1.63. The molecular formula is C18H29B14N. The van der Waals surface area contributed by atoms with Crippen LogP contribution in [0.25, 0.3) is 11.1 Å². The minimum absolute atomic E-state index is 1.26. The molecule has 0 unspecified atom stereocenters. The summed E-state index contributed by atoms with van der Waals surface area (Å²) in [6, 6.07) is 0. The molecule has 148 valence electrons. The molecule has 3 rings (SSSR count). The SMILES string of the molecule is Bc1c(B)c(B)c(Nc2c(B)c(B)c(-c3c(B)c(B)c(B)c(B)c3B)c(B)c2B)c(B)c1B. The van der Waals surface area contributed by atoms with Gasteiger partial charge in [-0.1, -0.05) is 54.6 Å². The normalized spacial score (nSPS) is 10.9. The van der Waals surface area contributed by atoms with E-state index in [1.165, 1.54) is 99.0 Å². The highest BCUT2D eigenvalue weighted by molar-refractivity contribution is 6.72. The van der Waals surface area contributed by atoms with Crippen LogP contribution in [0.5, 0.6) is 0 Å². The Kier molecular flexibility index (Phi) is 7.24. The fourth-order valence-electron chi connectivity index (χ4n) is 5.56. The highest BCUT2D eigenvalue weighted by Crippen LogP contribution is 2.11. The van der Waals surface area contributed by atoms with E-state index in [0.29, 0.717) is 0 Å². The van der Waals surface area contributed by atoms with E-state index in [-0.39, 0.29) is 0 Å². The maximum absolute atomic E-state index is 3.91. The lowest BCUT2D eigenvalue weighted by atomic mass is 9.56. The smallest absolute Gasteiger partial charge is 0.141 e. The Morgan fingerprint density at radius 2 is 0.424 bits per heavy atom. The van der Waals surface area contributed by atoms with E-state index in [4.69, 9.17) is 0 Å². The second kappa shape index (κ2) is 9.20. The third-order valence-corrected chi connectivity index (χ3v) is 9.12. The van der Waals surface area contributed by atoms with Gasteiger partial charge in [0, 0.05) is 11.4 Å². The first-order chi connectivity index (χ1) is 15.2. The highest BCUT2D eigenvalue weighted by Gasteiger charge is 2.21. The van der Waals surface area contributed by atoms with Gasteiger partial charge in [0.2, 0.25) is 0 Å². The Morgan fingerprint density at radius 3 is 0.727 bits per heavy atom. The molecule has 0 spiro atoms. The zero-order valence-electron chi connectivity index (χ0n) is 23.5. The molecule has 0 aliphatic carbocycles. The van der Waals surface area contributed by atoms with Gasteiger partial charge in [-0.05, 0) is 11.1 Å². The molecule has 0 atom stereocenters. The van der Waals surface area contributed by atoms with Crippen molar-refractivity contribution < 1.29 is 0 Å². The van der Waals surface area contributed by atoms with Crippen molar-refractivity contribution in [2.24, 2.45) is 0 Å². The van der Waals surface area contributed by atoms with Crippen LogP contribution in [-0.2, 0) is 0 Å². The number of benzene rings is 3. The summed E-state index contributed by atoms with van der Waals surface area (Å²) in [6.07, 6.45) is 0. The van der Waals surface area contributed by atoms with Gasteiger partial charge in [-0.3, -0.25) is 0 Å². The van der Waals surface area contributed by atoms with Gasteiger partial charge in [0.1, 0.15) is 110 Å². The lowest BCUT2D eigenvalue weighted by molar-refractivity contribution is 1.70. The van der Waals surface area contributed by atoms with Crippen molar-refractivity contribution in [3.63, 3.8) is 0 Å². The van der Waals surface area contributed by atoms with Crippen molar-refractivity contribution in [1.29, 1.82) is 0 Å². The zero-order valence-corrected chi connectivity index (χ0v) is 23.5. The Balaban J connectivity index is 2.32. The summed E-state index contributed by atoms with van der Waals surface area (Å²) in [4.78, 5) is 0. The van der Waals surface area contributed by atoms with Gasteiger partial charge in [0.05, 0.1) is 0 Å².